The molecule has 0 saturated heterocycles. The second-order valence-corrected chi connectivity index (χ2v) is 9.81. The van der Waals surface area contributed by atoms with Crippen LogP contribution in [0, 0.1) is 11.8 Å². The zero-order chi connectivity index (χ0) is 21.1. The molecule has 0 aliphatic heterocycles. The SMILES string of the molecule is CC(C)C(NC(=O)c1cc(N(C)S(=O)(=O)c2ccccc2)ccc1Cl)C(C)C. The van der Waals surface area contributed by atoms with Crippen molar-refractivity contribution in [3.05, 3.63) is 59.1 Å². The number of benzene rings is 2. The highest BCUT2D eigenvalue weighted by Gasteiger charge is 2.25. The highest BCUT2D eigenvalue weighted by atomic mass is 35.5. The van der Waals surface area contributed by atoms with Crippen molar-refractivity contribution in [1.29, 1.82) is 0 Å². The lowest BCUT2D eigenvalue weighted by Crippen LogP contribution is -2.42. The van der Waals surface area contributed by atoms with E-state index in [1.54, 1.807) is 30.3 Å². The van der Waals surface area contributed by atoms with Gasteiger partial charge in [-0.2, -0.15) is 0 Å². The maximum Gasteiger partial charge on any atom is 0.264 e. The topological polar surface area (TPSA) is 66.5 Å². The van der Waals surface area contributed by atoms with Crippen molar-refractivity contribution in [1.82, 2.24) is 5.32 Å². The van der Waals surface area contributed by atoms with Gasteiger partial charge in [0.2, 0.25) is 0 Å². The molecule has 0 bridgehead atoms. The van der Waals surface area contributed by atoms with Crippen LogP contribution in [0.1, 0.15) is 38.1 Å². The van der Waals surface area contributed by atoms with Crippen molar-refractivity contribution >= 4 is 33.2 Å². The Morgan fingerprint density at radius 3 is 2.11 bits per heavy atom. The summed E-state index contributed by atoms with van der Waals surface area (Å²) in [6, 6.07) is 12.8. The monoisotopic (exact) mass is 422 g/mol. The van der Waals surface area contributed by atoms with E-state index in [1.807, 2.05) is 27.7 Å². The molecule has 152 valence electrons. The van der Waals surface area contributed by atoms with E-state index < -0.39 is 10.0 Å². The molecule has 2 aromatic carbocycles. The van der Waals surface area contributed by atoms with E-state index in [2.05, 4.69) is 5.32 Å². The molecule has 7 heteroatoms. The summed E-state index contributed by atoms with van der Waals surface area (Å²) in [6.07, 6.45) is 0. The van der Waals surface area contributed by atoms with Gasteiger partial charge < -0.3 is 5.32 Å². The number of hydrogen-bond donors (Lipinski definition) is 1. The average Bonchev–Trinajstić information content (AvgIpc) is 2.65. The Morgan fingerprint density at radius 1 is 1.00 bits per heavy atom. The molecule has 0 aromatic heterocycles. The molecule has 1 amide bonds. The minimum atomic E-state index is -3.74. The highest BCUT2D eigenvalue weighted by Crippen LogP contribution is 2.27. The van der Waals surface area contributed by atoms with Crippen molar-refractivity contribution in [2.24, 2.45) is 11.8 Å². The van der Waals surface area contributed by atoms with E-state index in [9.17, 15) is 13.2 Å². The molecule has 0 radical (unpaired) electrons. The molecular weight excluding hydrogens is 396 g/mol. The van der Waals surface area contributed by atoms with Crippen LogP contribution in [0.5, 0.6) is 0 Å². The van der Waals surface area contributed by atoms with Crippen LogP contribution >= 0.6 is 11.6 Å². The highest BCUT2D eigenvalue weighted by molar-refractivity contribution is 7.92. The van der Waals surface area contributed by atoms with E-state index in [4.69, 9.17) is 11.6 Å². The van der Waals surface area contributed by atoms with Crippen LogP contribution in [-0.4, -0.2) is 27.4 Å². The summed E-state index contributed by atoms with van der Waals surface area (Å²) in [7, 11) is -2.28. The van der Waals surface area contributed by atoms with Crippen molar-refractivity contribution < 1.29 is 13.2 Å². The van der Waals surface area contributed by atoms with Crippen molar-refractivity contribution in [3.63, 3.8) is 0 Å². The largest absolute Gasteiger partial charge is 0.349 e. The van der Waals surface area contributed by atoms with Gasteiger partial charge >= 0.3 is 0 Å². The molecule has 0 unspecified atom stereocenters. The molecule has 0 aliphatic carbocycles. The van der Waals surface area contributed by atoms with Gasteiger partial charge in [-0.05, 0) is 42.2 Å². The Morgan fingerprint density at radius 2 is 1.57 bits per heavy atom. The number of nitrogens with one attached hydrogen (secondary N) is 1. The van der Waals surface area contributed by atoms with E-state index >= 15 is 0 Å². The molecule has 0 aliphatic rings. The van der Waals surface area contributed by atoms with Gasteiger partial charge in [-0.1, -0.05) is 57.5 Å². The molecule has 2 aromatic rings. The van der Waals surface area contributed by atoms with Gasteiger partial charge in [0.15, 0.2) is 0 Å². The van der Waals surface area contributed by atoms with Gasteiger partial charge in [0.1, 0.15) is 0 Å². The third kappa shape index (κ3) is 4.86. The Kier molecular flexibility index (Phi) is 7.12. The van der Waals surface area contributed by atoms with Crippen molar-refractivity contribution in [2.75, 3.05) is 11.4 Å². The van der Waals surface area contributed by atoms with Crippen LogP contribution in [0.25, 0.3) is 0 Å². The summed E-state index contributed by atoms with van der Waals surface area (Å²) in [4.78, 5) is 13.0. The van der Waals surface area contributed by atoms with Gasteiger partial charge in [0.05, 0.1) is 21.2 Å². The third-order valence-corrected chi connectivity index (χ3v) is 6.82. The van der Waals surface area contributed by atoms with Gasteiger partial charge in [-0.15, -0.1) is 0 Å². The maximum atomic E-state index is 12.8. The molecule has 5 nitrogen and oxygen atoms in total. The minimum Gasteiger partial charge on any atom is -0.349 e. The second kappa shape index (κ2) is 8.97. The summed E-state index contributed by atoms with van der Waals surface area (Å²) in [5.41, 5.74) is 0.615. The van der Waals surface area contributed by atoms with Crippen LogP contribution in [-0.2, 0) is 10.0 Å². The van der Waals surface area contributed by atoms with Crippen LogP contribution < -0.4 is 9.62 Å². The lowest BCUT2D eigenvalue weighted by molar-refractivity contribution is 0.0910. The summed E-state index contributed by atoms with van der Waals surface area (Å²) in [5, 5.41) is 3.29. The fourth-order valence-corrected chi connectivity index (χ4v) is 4.52. The standard InChI is InChI=1S/C21H27ClN2O3S/c1-14(2)20(15(3)4)23-21(25)18-13-16(11-12-19(18)22)24(5)28(26,27)17-9-7-6-8-10-17/h6-15,20H,1-5H3,(H,23,25). The fourth-order valence-electron chi connectivity index (χ4n) is 3.10. The second-order valence-electron chi connectivity index (χ2n) is 7.44. The normalized spacial score (nSPS) is 11.9. The summed E-state index contributed by atoms with van der Waals surface area (Å²) in [6.45, 7) is 8.18. The summed E-state index contributed by atoms with van der Waals surface area (Å²) < 4.78 is 26.8. The summed E-state index contributed by atoms with van der Waals surface area (Å²) >= 11 is 6.24. The fraction of sp³-hybridized carbons (Fsp3) is 0.381. The van der Waals surface area contributed by atoms with E-state index in [0.717, 1.165) is 4.31 Å². The average molecular weight is 423 g/mol. The lowest BCUT2D eigenvalue weighted by Gasteiger charge is -2.26. The zero-order valence-corrected chi connectivity index (χ0v) is 18.4. The molecule has 2 rings (SSSR count). The number of rotatable bonds is 7. The quantitative estimate of drug-likeness (QED) is 0.710. The Balaban J connectivity index is 2.36. The number of hydrogen-bond acceptors (Lipinski definition) is 3. The van der Waals surface area contributed by atoms with Crippen LogP contribution in [0.4, 0.5) is 5.69 Å². The van der Waals surface area contributed by atoms with Gasteiger partial charge in [-0.3, -0.25) is 9.10 Å². The Labute approximate surface area is 172 Å². The van der Waals surface area contributed by atoms with Crippen LogP contribution in [0.15, 0.2) is 53.4 Å². The van der Waals surface area contributed by atoms with Gasteiger partial charge in [0.25, 0.3) is 15.9 Å². The van der Waals surface area contributed by atoms with Crippen molar-refractivity contribution in [3.8, 4) is 0 Å². The Hall–Kier alpha value is -2.05. The van der Waals surface area contributed by atoms with E-state index in [0.29, 0.717) is 5.69 Å². The number of halogens is 1. The van der Waals surface area contributed by atoms with E-state index in [-0.39, 0.29) is 39.3 Å². The smallest absolute Gasteiger partial charge is 0.264 e. The first-order chi connectivity index (χ1) is 13.1. The summed E-state index contributed by atoms with van der Waals surface area (Å²) in [5.74, 6) is 0.198. The molecular formula is C21H27ClN2O3S. The number of sulfonamides is 1. The molecule has 1 N–H and O–H groups in total. The zero-order valence-electron chi connectivity index (χ0n) is 16.8. The van der Waals surface area contributed by atoms with E-state index in [1.165, 1.54) is 25.2 Å². The molecule has 0 spiro atoms. The number of amides is 1. The Bertz CT molecular complexity index is 920. The first-order valence-corrected chi connectivity index (χ1v) is 11.0. The molecule has 0 heterocycles. The number of nitrogens with zero attached hydrogens (tertiary/aromatic N) is 1. The predicted molar refractivity (Wildman–Crippen MR) is 114 cm³/mol. The predicted octanol–water partition coefficient (Wildman–Crippen LogP) is 4.58. The number of carbonyl (C=O) groups is 1. The van der Waals surface area contributed by atoms with Gasteiger partial charge in [-0.25, -0.2) is 8.42 Å². The molecule has 0 saturated carbocycles. The molecule has 0 fully saturated rings. The van der Waals surface area contributed by atoms with Crippen LogP contribution in [0.2, 0.25) is 5.02 Å². The van der Waals surface area contributed by atoms with Gasteiger partial charge in [0, 0.05) is 13.1 Å². The molecule has 28 heavy (non-hydrogen) atoms. The number of anilines is 1. The lowest BCUT2D eigenvalue weighted by atomic mass is 9.93. The van der Waals surface area contributed by atoms with Crippen LogP contribution in [0.3, 0.4) is 0 Å². The minimum absolute atomic E-state index is 0.0157. The first kappa shape index (κ1) is 22.2. The number of carbonyl (C=O) groups excluding carboxylic acids is 1. The van der Waals surface area contributed by atoms with Crippen molar-refractivity contribution in [2.45, 2.75) is 38.6 Å². The third-order valence-electron chi connectivity index (χ3n) is 4.69. The first-order valence-electron chi connectivity index (χ1n) is 9.20. The maximum absolute atomic E-state index is 12.8. The molecule has 0 atom stereocenters.